The molecule has 0 aromatic heterocycles. The lowest BCUT2D eigenvalue weighted by atomic mass is 10.2. The summed E-state index contributed by atoms with van der Waals surface area (Å²) in [7, 11) is 0. The van der Waals surface area contributed by atoms with Crippen molar-refractivity contribution in [3.63, 3.8) is 0 Å². The zero-order valence-corrected chi connectivity index (χ0v) is 10.3. The van der Waals surface area contributed by atoms with E-state index in [1.165, 1.54) is 24.3 Å². The van der Waals surface area contributed by atoms with Crippen molar-refractivity contribution in [1.29, 1.82) is 0 Å². The first kappa shape index (κ1) is 13.2. The maximum Gasteiger partial charge on any atom is 0.294 e. The fraction of sp³-hybridized carbons (Fsp3) is 0.333. The van der Waals surface area contributed by atoms with Crippen LogP contribution in [0.25, 0.3) is 0 Å². The van der Waals surface area contributed by atoms with Crippen molar-refractivity contribution in [2.45, 2.75) is 13.1 Å². The number of rotatable bonds is 5. The summed E-state index contributed by atoms with van der Waals surface area (Å²) >= 11 is 5.67. The van der Waals surface area contributed by atoms with Crippen molar-refractivity contribution in [2.75, 3.05) is 6.61 Å². The second kappa shape index (κ2) is 5.43. The van der Waals surface area contributed by atoms with E-state index >= 15 is 0 Å². The maximum atomic E-state index is 11.6. The number of hydrogen-bond donors (Lipinski definition) is 0. The Kier molecular flexibility index (Phi) is 4.47. The molecule has 1 atom stereocenters. The SMILES string of the molecule is CCO[P@](=O)(Cl)Cc1ccc([N+](=O)[O-])cc1. The summed E-state index contributed by atoms with van der Waals surface area (Å²) in [6.45, 7) is -1.18. The van der Waals surface area contributed by atoms with Crippen LogP contribution >= 0.6 is 18.0 Å². The topological polar surface area (TPSA) is 69.4 Å². The van der Waals surface area contributed by atoms with Gasteiger partial charge in [-0.2, -0.15) is 0 Å². The average molecular weight is 264 g/mol. The van der Waals surface area contributed by atoms with Crippen molar-refractivity contribution in [1.82, 2.24) is 0 Å². The molecule has 0 radical (unpaired) electrons. The molecule has 0 saturated carbocycles. The fourth-order valence-corrected chi connectivity index (χ4v) is 3.01. The standard InChI is InChI=1S/C9H11ClNO4P/c1-2-15-16(10,14)7-8-3-5-9(6-4-8)11(12)13/h3-6H,2,7H2,1H3/t16-/m0/s1. The zero-order chi connectivity index (χ0) is 12.2. The minimum atomic E-state index is -3.15. The summed E-state index contributed by atoms with van der Waals surface area (Å²) in [6.07, 6.45) is 0.0698. The number of benzene rings is 1. The van der Waals surface area contributed by atoms with E-state index in [2.05, 4.69) is 0 Å². The smallest absolute Gasteiger partial charge is 0.294 e. The molecule has 0 heterocycles. The number of nitro benzene ring substituents is 1. The Morgan fingerprint density at radius 2 is 2.00 bits per heavy atom. The molecule has 0 aliphatic heterocycles. The molecule has 1 aromatic carbocycles. The molecule has 0 spiro atoms. The first-order valence-corrected chi connectivity index (χ1v) is 7.32. The highest BCUT2D eigenvalue weighted by Gasteiger charge is 2.19. The molecule has 0 aliphatic carbocycles. The molecule has 0 N–H and O–H groups in total. The van der Waals surface area contributed by atoms with Crippen LogP contribution in [0.2, 0.25) is 0 Å². The Labute approximate surface area is 97.8 Å². The number of hydrogen-bond acceptors (Lipinski definition) is 4. The van der Waals surface area contributed by atoms with Crippen LogP contribution in [0.1, 0.15) is 12.5 Å². The third kappa shape index (κ3) is 3.93. The normalized spacial score (nSPS) is 14.4. The molecule has 5 nitrogen and oxygen atoms in total. The minimum Gasteiger partial charge on any atom is -0.318 e. The number of non-ortho nitro benzene ring substituents is 1. The van der Waals surface area contributed by atoms with Crippen LogP contribution in [-0.4, -0.2) is 11.5 Å². The lowest BCUT2D eigenvalue weighted by molar-refractivity contribution is -0.384. The third-order valence-corrected chi connectivity index (χ3v) is 3.88. The molecule has 7 heteroatoms. The molecular formula is C9H11ClNO4P. The van der Waals surface area contributed by atoms with Crippen LogP contribution in [0.3, 0.4) is 0 Å². The summed E-state index contributed by atoms with van der Waals surface area (Å²) in [5.41, 5.74) is 0.641. The van der Waals surface area contributed by atoms with E-state index in [0.717, 1.165) is 0 Å². The maximum absolute atomic E-state index is 11.6. The van der Waals surface area contributed by atoms with Gasteiger partial charge in [-0.25, -0.2) is 0 Å². The summed E-state index contributed by atoms with van der Waals surface area (Å²) in [5.74, 6) is 0. The van der Waals surface area contributed by atoms with Gasteiger partial charge in [0.25, 0.3) is 12.4 Å². The molecular weight excluding hydrogens is 253 g/mol. The van der Waals surface area contributed by atoms with Crippen LogP contribution in [0.5, 0.6) is 0 Å². The molecule has 0 fully saturated rings. The summed E-state index contributed by atoms with van der Waals surface area (Å²) < 4.78 is 16.5. The Balaban J connectivity index is 2.76. The Morgan fingerprint density at radius 1 is 1.44 bits per heavy atom. The third-order valence-electron chi connectivity index (χ3n) is 1.84. The van der Waals surface area contributed by atoms with E-state index in [-0.39, 0.29) is 18.5 Å². The second-order valence-corrected chi connectivity index (χ2v) is 6.39. The van der Waals surface area contributed by atoms with Gasteiger partial charge in [-0.1, -0.05) is 12.1 Å². The van der Waals surface area contributed by atoms with Crippen molar-refractivity contribution >= 4 is 23.6 Å². The van der Waals surface area contributed by atoms with E-state index in [1.807, 2.05) is 0 Å². The molecule has 0 saturated heterocycles. The summed E-state index contributed by atoms with van der Waals surface area (Å²) in [4.78, 5) is 9.91. The molecule has 0 aliphatic rings. The van der Waals surface area contributed by atoms with Gasteiger partial charge in [-0.15, -0.1) is 0 Å². The molecule has 0 bridgehead atoms. The fourth-order valence-electron chi connectivity index (χ4n) is 1.18. The van der Waals surface area contributed by atoms with Gasteiger partial charge in [-0.3, -0.25) is 14.7 Å². The highest BCUT2D eigenvalue weighted by Crippen LogP contribution is 2.55. The quantitative estimate of drug-likeness (QED) is 0.463. The summed E-state index contributed by atoms with van der Waals surface area (Å²) in [6, 6.07) is 5.73. The lowest BCUT2D eigenvalue weighted by Gasteiger charge is -2.09. The van der Waals surface area contributed by atoms with E-state index in [4.69, 9.17) is 15.8 Å². The van der Waals surface area contributed by atoms with E-state index in [0.29, 0.717) is 5.56 Å². The highest BCUT2D eigenvalue weighted by atomic mass is 35.7. The second-order valence-electron chi connectivity index (χ2n) is 3.09. The first-order chi connectivity index (χ1) is 7.44. The number of halogens is 1. The van der Waals surface area contributed by atoms with Crippen molar-refractivity contribution in [3.8, 4) is 0 Å². The molecule has 0 unspecified atom stereocenters. The molecule has 88 valence electrons. The van der Waals surface area contributed by atoms with Crippen LogP contribution in [0.15, 0.2) is 24.3 Å². The number of nitro groups is 1. The van der Waals surface area contributed by atoms with Gasteiger partial charge in [0, 0.05) is 12.1 Å². The van der Waals surface area contributed by atoms with Crippen LogP contribution in [-0.2, 0) is 15.3 Å². The van der Waals surface area contributed by atoms with Crippen molar-refractivity contribution < 1.29 is 14.0 Å². The minimum absolute atomic E-state index is 0.00966. The van der Waals surface area contributed by atoms with Gasteiger partial charge in [0.2, 0.25) is 0 Å². The highest BCUT2D eigenvalue weighted by molar-refractivity contribution is 7.84. The van der Waals surface area contributed by atoms with Crippen molar-refractivity contribution in [3.05, 3.63) is 39.9 Å². The zero-order valence-electron chi connectivity index (χ0n) is 8.63. The average Bonchev–Trinajstić information content (AvgIpc) is 2.17. The molecule has 0 amide bonds. The predicted molar refractivity (Wildman–Crippen MR) is 61.9 cm³/mol. The van der Waals surface area contributed by atoms with E-state index < -0.39 is 11.6 Å². The monoisotopic (exact) mass is 263 g/mol. The van der Waals surface area contributed by atoms with Crippen LogP contribution in [0, 0.1) is 10.1 Å². The van der Waals surface area contributed by atoms with Gasteiger partial charge < -0.3 is 4.52 Å². The first-order valence-electron chi connectivity index (χ1n) is 4.61. The Morgan fingerprint density at radius 3 is 2.44 bits per heavy atom. The molecule has 1 rings (SSSR count). The largest absolute Gasteiger partial charge is 0.318 e. The number of nitrogens with zero attached hydrogens (tertiary/aromatic N) is 1. The van der Waals surface area contributed by atoms with E-state index in [1.54, 1.807) is 6.92 Å². The molecule has 1 aromatic rings. The van der Waals surface area contributed by atoms with Crippen LogP contribution < -0.4 is 0 Å². The van der Waals surface area contributed by atoms with Crippen molar-refractivity contribution in [2.24, 2.45) is 0 Å². The Hall–Kier alpha value is -0.900. The van der Waals surface area contributed by atoms with Gasteiger partial charge in [0.1, 0.15) is 0 Å². The van der Waals surface area contributed by atoms with E-state index in [9.17, 15) is 14.7 Å². The van der Waals surface area contributed by atoms with Crippen LogP contribution in [0.4, 0.5) is 5.69 Å². The summed E-state index contributed by atoms with van der Waals surface area (Å²) in [5, 5.41) is 10.4. The molecule has 16 heavy (non-hydrogen) atoms. The Bertz CT molecular complexity index is 420. The van der Waals surface area contributed by atoms with Gasteiger partial charge >= 0.3 is 0 Å². The predicted octanol–water partition coefficient (Wildman–Crippen LogP) is 3.56. The van der Waals surface area contributed by atoms with Gasteiger partial charge in [0.15, 0.2) is 0 Å². The lowest BCUT2D eigenvalue weighted by Crippen LogP contribution is -1.91. The van der Waals surface area contributed by atoms with Gasteiger partial charge in [-0.05, 0) is 23.7 Å². The van der Waals surface area contributed by atoms with Gasteiger partial charge in [0.05, 0.1) is 17.7 Å².